The molecule has 3 N–H and O–H groups in total. The van der Waals surface area contributed by atoms with Gasteiger partial charge in [-0.2, -0.15) is 0 Å². The standard InChI is InChI=1S/C21H23N3O4S/c1-21(2,15-9-6-10-29-15)23-16-13(18(26)19(16)27)11-22-14-8-5-7-12(17(14)25)20(28)24(3)4/h5-10,22-23,25H,11H2,1-4H3. The highest BCUT2D eigenvalue weighted by molar-refractivity contribution is 7.10. The van der Waals surface area contributed by atoms with Crippen molar-refractivity contribution in [3.63, 3.8) is 0 Å². The van der Waals surface area contributed by atoms with Crippen LogP contribution in [0.3, 0.4) is 0 Å². The molecule has 0 bridgehead atoms. The minimum atomic E-state index is -0.554. The SMILES string of the molecule is CN(C)C(=O)c1cccc(NCc2c(NC(C)(C)c3cccs3)c(=O)c2=O)c1O. The van der Waals surface area contributed by atoms with Gasteiger partial charge in [0.1, 0.15) is 0 Å². The average Bonchev–Trinajstić information content (AvgIpc) is 3.23. The number of nitrogens with zero attached hydrogens (tertiary/aromatic N) is 1. The van der Waals surface area contributed by atoms with Crippen molar-refractivity contribution in [3.05, 3.63) is 72.2 Å². The topological polar surface area (TPSA) is 98.7 Å². The molecule has 1 heterocycles. The Hall–Kier alpha value is -3.13. The molecule has 0 aliphatic heterocycles. The summed E-state index contributed by atoms with van der Waals surface area (Å²) in [5.74, 6) is -0.529. The summed E-state index contributed by atoms with van der Waals surface area (Å²) >= 11 is 1.56. The fourth-order valence-electron chi connectivity index (χ4n) is 3.03. The highest BCUT2D eigenvalue weighted by atomic mass is 32.1. The predicted octanol–water partition coefficient (Wildman–Crippen LogP) is 2.71. The second-order valence-corrected chi connectivity index (χ2v) is 8.44. The zero-order chi connectivity index (χ0) is 21.3. The van der Waals surface area contributed by atoms with Gasteiger partial charge in [-0.25, -0.2) is 0 Å². The van der Waals surface area contributed by atoms with Crippen LogP contribution in [-0.4, -0.2) is 30.0 Å². The van der Waals surface area contributed by atoms with Crippen molar-refractivity contribution >= 4 is 28.6 Å². The van der Waals surface area contributed by atoms with E-state index in [2.05, 4.69) is 10.6 Å². The molecule has 3 rings (SSSR count). The summed E-state index contributed by atoms with van der Waals surface area (Å²) in [6.45, 7) is 3.94. The fourth-order valence-corrected chi connectivity index (χ4v) is 3.84. The van der Waals surface area contributed by atoms with Gasteiger partial charge in [0.2, 0.25) is 10.9 Å². The lowest BCUT2D eigenvalue weighted by Gasteiger charge is -2.28. The number of hydrogen-bond donors (Lipinski definition) is 3. The number of nitrogens with one attached hydrogen (secondary N) is 2. The fraction of sp³-hybridized carbons (Fsp3) is 0.286. The van der Waals surface area contributed by atoms with Gasteiger partial charge in [-0.15, -0.1) is 11.3 Å². The Morgan fingerprint density at radius 1 is 1.14 bits per heavy atom. The van der Waals surface area contributed by atoms with Gasteiger partial charge in [0, 0.05) is 25.5 Å². The van der Waals surface area contributed by atoms with E-state index >= 15 is 0 Å². The Bertz CT molecular complexity index is 1110. The van der Waals surface area contributed by atoms with Crippen LogP contribution in [0.1, 0.15) is 34.6 Å². The number of thiophene rings is 1. The molecule has 29 heavy (non-hydrogen) atoms. The molecule has 8 heteroatoms. The second kappa shape index (κ2) is 7.71. The summed E-state index contributed by atoms with van der Waals surface area (Å²) < 4.78 is 0. The van der Waals surface area contributed by atoms with Crippen molar-refractivity contribution < 1.29 is 9.90 Å². The van der Waals surface area contributed by atoms with Crippen molar-refractivity contribution in [2.24, 2.45) is 0 Å². The number of para-hydroxylation sites is 1. The second-order valence-electron chi connectivity index (χ2n) is 7.49. The summed E-state index contributed by atoms with van der Waals surface area (Å²) in [7, 11) is 3.19. The van der Waals surface area contributed by atoms with E-state index in [0.29, 0.717) is 11.3 Å². The minimum Gasteiger partial charge on any atom is -0.505 e. The molecule has 0 fully saturated rings. The van der Waals surface area contributed by atoms with E-state index in [0.717, 1.165) is 4.88 Å². The normalized spacial score (nSPS) is 11.4. The summed E-state index contributed by atoms with van der Waals surface area (Å²) in [6, 6.07) is 8.66. The van der Waals surface area contributed by atoms with E-state index in [4.69, 9.17) is 0 Å². The van der Waals surface area contributed by atoms with Crippen LogP contribution in [0.5, 0.6) is 5.75 Å². The number of aromatic hydroxyl groups is 1. The molecule has 7 nitrogen and oxygen atoms in total. The number of amides is 1. The first kappa shape index (κ1) is 20.6. The third-order valence-electron chi connectivity index (χ3n) is 4.71. The molecule has 0 aliphatic carbocycles. The number of carbonyl (C=O) groups is 1. The molecule has 1 amide bonds. The van der Waals surface area contributed by atoms with Gasteiger partial charge >= 0.3 is 0 Å². The van der Waals surface area contributed by atoms with Crippen LogP contribution in [0, 0.1) is 0 Å². The van der Waals surface area contributed by atoms with Gasteiger partial charge in [-0.1, -0.05) is 12.1 Å². The van der Waals surface area contributed by atoms with Crippen molar-refractivity contribution in [3.8, 4) is 5.75 Å². The number of hydrogen-bond acceptors (Lipinski definition) is 7. The zero-order valence-corrected chi connectivity index (χ0v) is 17.5. The van der Waals surface area contributed by atoms with Crippen LogP contribution < -0.4 is 21.5 Å². The lowest BCUT2D eigenvalue weighted by atomic mass is 9.99. The first-order valence-electron chi connectivity index (χ1n) is 9.05. The van der Waals surface area contributed by atoms with Crippen LogP contribution in [0.15, 0.2) is 45.3 Å². The molecule has 3 aromatic rings. The van der Waals surface area contributed by atoms with Gasteiger partial charge in [-0.3, -0.25) is 14.4 Å². The van der Waals surface area contributed by atoms with E-state index in [9.17, 15) is 19.5 Å². The van der Waals surface area contributed by atoms with Crippen molar-refractivity contribution in [2.75, 3.05) is 24.7 Å². The highest BCUT2D eigenvalue weighted by Gasteiger charge is 2.28. The van der Waals surface area contributed by atoms with Gasteiger partial charge in [0.25, 0.3) is 5.91 Å². The predicted molar refractivity (Wildman–Crippen MR) is 116 cm³/mol. The lowest BCUT2D eigenvalue weighted by molar-refractivity contribution is 0.0824. The van der Waals surface area contributed by atoms with Gasteiger partial charge in [0.15, 0.2) is 5.75 Å². The quantitative estimate of drug-likeness (QED) is 0.407. The Labute approximate surface area is 172 Å². The van der Waals surface area contributed by atoms with Gasteiger partial charge < -0.3 is 20.6 Å². The maximum absolute atomic E-state index is 12.2. The number of carbonyl (C=O) groups excluding carboxylic acids is 1. The number of phenolic OH excluding ortho intramolecular Hbond substituents is 1. The molecule has 0 radical (unpaired) electrons. The zero-order valence-electron chi connectivity index (χ0n) is 16.7. The maximum Gasteiger partial charge on any atom is 0.257 e. The third kappa shape index (κ3) is 3.88. The molecular formula is C21H23N3O4S. The van der Waals surface area contributed by atoms with Crippen LogP contribution >= 0.6 is 11.3 Å². The largest absolute Gasteiger partial charge is 0.505 e. The highest BCUT2D eigenvalue weighted by Crippen LogP contribution is 2.31. The Morgan fingerprint density at radius 3 is 2.48 bits per heavy atom. The van der Waals surface area contributed by atoms with Crippen molar-refractivity contribution in [2.45, 2.75) is 25.9 Å². The average molecular weight is 413 g/mol. The molecule has 0 spiro atoms. The molecule has 0 unspecified atom stereocenters. The number of benzene rings is 1. The van der Waals surface area contributed by atoms with Crippen LogP contribution in [0.4, 0.5) is 11.4 Å². The molecule has 0 saturated carbocycles. The maximum atomic E-state index is 12.2. The summed E-state index contributed by atoms with van der Waals surface area (Å²) in [4.78, 5) is 38.8. The van der Waals surface area contributed by atoms with Crippen molar-refractivity contribution in [1.29, 1.82) is 0 Å². The first-order valence-corrected chi connectivity index (χ1v) is 9.93. The van der Waals surface area contributed by atoms with E-state index in [1.54, 1.807) is 37.6 Å². The van der Waals surface area contributed by atoms with Gasteiger partial charge in [0.05, 0.1) is 28.0 Å². The van der Waals surface area contributed by atoms with Crippen LogP contribution in [0.2, 0.25) is 0 Å². The van der Waals surface area contributed by atoms with E-state index < -0.39 is 16.4 Å². The minimum absolute atomic E-state index is 0.0561. The number of anilines is 2. The molecular weight excluding hydrogens is 390 g/mol. The molecule has 0 atom stereocenters. The molecule has 2 aromatic carbocycles. The molecule has 1 aromatic heterocycles. The third-order valence-corrected chi connectivity index (χ3v) is 5.91. The monoisotopic (exact) mass is 413 g/mol. The van der Waals surface area contributed by atoms with E-state index in [1.165, 1.54) is 11.0 Å². The first-order chi connectivity index (χ1) is 13.6. The van der Waals surface area contributed by atoms with E-state index in [-0.39, 0.29) is 29.5 Å². The summed E-state index contributed by atoms with van der Waals surface area (Å²) in [5, 5.41) is 18.5. The van der Waals surface area contributed by atoms with Crippen molar-refractivity contribution in [1.82, 2.24) is 4.90 Å². The smallest absolute Gasteiger partial charge is 0.257 e. The summed E-state index contributed by atoms with van der Waals surface area (Å²) in [6.07, 6.45) is 0. The van der Waals surface area contributed by atoms with E-state index in [1.807, 2.05) is 31.4 Å². The Morgan fingerprint density at radius 2 is 1.86 bits per heavy atom. The molecule has 0 aliphatic rings. The molecule has 152 valence electrons. The number of phenols is 1. The summed E-state index contributed by atoms with van der Waals surface area (Å²) in [5.41, 5.74) is -0.541. The molecule has 0 saturated heterocycles. The Balaban J connectivity index is 1.81. The van der Waals surface area contributed by atoms with Gasteiger partial charge in [-0.05, 0) is 37.4 Å². The van der Waals surface area contributed by atoms with Crippen LogP contribution in [0.25, 0.3) is 0 Å². The van der Waals surface area contributed by atoms with Crippen LogP contribution in [-0.2, 0) is 12.1 Å². The Kier molecular flexibility index (Phi) is 5.48. The number of rotatable bonds is 7. The lowest BCUT2D eigenvalue weighted by Crippen LogP contribution is -2.43.